The predicted octanol–water partition coefficient (Wildman–Crippen LogP) is 2.98. The summed E-state index contributed by atoms with van der Waals surface area (Å²) in [4.78, 5) is 4.84. The zero-order valence-electron chi connectivity index (χ0n) is 13.9. The first-order chi connectivity index (χ1) is 11.1. The molecule has 0 spiro atoms. The maximum Gasteiger partial charge on any atom is 0.151 e. The van der Waals surface area contributed by atoms with Crippen LogP contribution in [-0.4, -0.2) is 46.7 Å². The normalized spacial score (nSPS) is 23.2. The lowest BCUT2D eigenvalue weighted by Crippen LogP contribution is -2.26. The second kappa shape index (κ2) is 7.55. The van der Waals surface area contributed by atoms with Crippen molar-refractivity contribution in [2.75, 3.05) is 23.5 Å². The van der Waals surface area contributed by atoms with E-state index in [2.05, 4.69) is 10.9 Å². The molecule has 0 unspecified atom stereocenters. The van der Waals surface area contributed by atoms with E-state index in [9.17, 15) is 8.42 Å². The van der Waals surface area contributed by atoms with Gasteiger partial charge in [0.15, 0.2) is 5.82 Å². The second-order valence-corrected chi connectivity index (χ2v) is 10.1. The Hall–Kier alpha value is -0.560. The predicted molar refractivity (Wildman–Crippen MR) is 94.9 cm³/mol. The van der Waals surface area contributed by atoms with Crippen molar-refractivity contribution in [3.05, 3.63) is 11.6 Å². The van der Waals surface area contributed by atoms with E-state index in [0.29, 0.717) is 30.4 Å². The van der Waals surface area contributed by atoms with E-state index in [-0.39, 0.29) is 5.92 Å². The van der Waals surface area contributed by atoms with Gasteiger partial charge in [-0.25, -0.2) is 18.1 Å². The number of aryl methyl sites for hydroxylation is 1. The van der Waals surface area contributed by atoms with Crippen LogP contribution < -0.4 is 0 Å². The Kier molecular flexibility index (Phi) is 5.67. The number of rotatable bonds is 5. The molecule has 1 saturated heterocycles. The molecule has 130 valence electrons. The summed E-state index contributed by atoms with van der Waals surface area (Å²) in [5, 5.41) is 4.83. The van der Waals surface area contributed by atoms with E-state index in [1.54, 1.807) is 0 Å². The number of sulfone groups is 1. The Morgan fingerprint density at radius 2 is 1.83 bits per heavy atom. The Labute approximate surface area is 143 Å². The van der Waals surface area contributed by atoms with Gasteiger partial charge in [-0.15, -0.1) is 0 Å². The highest BCUT2D eigenvalue weighted by Gasteiger charge is 2.30. The maximum atomic E-state index is 11.7. The molecule has 1 aromatic rings. The van der Waals surface area contributed by atoms with Crippen LogP contribution in [0.1, 0.15) is 68.6 Å². The molecular formula is C16H27N3O2S2. The molecule has 2 aliphatic rings. The smallest absolute Gasteiger partial charge is 0.151 e. The van der Waals surface area contributed by atoms with Crippen molar-refractivity contribution in [3.63, 3.8) is 0 Å². The van der Waals surface area contributed by atoms with Crippen molar-refractivity contribution in [2.45, 2.75) is 63.3 Å². The van der Waals surface area contributed by atoms with Crippen LogP contribution in [0, 0.1) is 0 Å². The summed E-state index contributed by atoms with van der Waals surface area (Å²) in [6.07, 6.45) is 10.6. The van der Waals surface area contributed by atoms with Gasteiger partial charge in [0.25, 0.3) is 0 Å². The molecular weight excluding hydrogens is 330 g/mol. The van der Waals surface area contributed by atoms with Crippen LogP contribution in [0.3, 0.4) is 0 Å². The topological polar surface area (TPSA) is 64.8 Å². The summed E-state index contributed by atoms with van der Waals surface area (Å²) in [7, 11) is -2.83. The zero-order chi connectivity index (χ0) is 16.3. The van der Waals surface area contributed by atoms with E-state index in [1.165, 1.54) is 32.1 Å². The number of hydrogen-bond acceptors (Lipinski definition) is 5. The van der Waals surface area contributed by atoms with Gasteiger partial charge in [0.1, 0.15) is 15.7 Å². The Balaban J connectivity index is 1.82. The van der Waals surface area contributed by atoms with Crippen molar-refractivity contribution in [3.8, 4) is 0 Å². The summed E-state index contributed by atoms with van der Waals surface area (Å²) >= 11 is 1.81. The van der Waals surface area contributed by atoms with Gasteiger partial charge >= 0.3 is 0 Å². The van der Waals surface area contributed by atoms with Crippen LogP contribution in [0.25, 0.3) is 0 Å². The molecule has 0 bridgehead atoms. The summed E-state index contributed by atoms with van der Waals surface area (Å²) in [5.41, 5.74) is 0. The lowest BCUT2D eigenvalue weighted by molar-refractivity contribution is 0.312. The third-order valence-corrected chi connectivity index (χ3v) is 7.40. The van der Waals surface area contributed by atoms with Crippen molar-refractivity contribution >= 4 is 21.6 Å². The van der Waals surface area contributed by atoms with Crippen LogP contribution in [0.4, 0.5) is 0 Å². The van der Waals surface area contributed by atoms with E-state index < -0.39 is 9.84 Å². The largest absolute Gasteiger partial charge is 0.246 e. The van der Waals surface area contributed by atoms with E-state index in [0.717, 1.165) is 23.8 Å². The third kappa shape index (κ3) is 4.29. The molecule has 0 aromatic carbocycles. The molecule has 0 amide bonds. The molecule has 7 heteroatoms. The van der Waals surface area contributed by atoms with Gasteiger partial charge in [-0.2, -0.15) is 16.9 Å². The first-order valence-corrected chi connectivity index (χ1v) is 12.0. The van der Waals surface area contributed by atoms with Crippen molar-refractivity contribution in [1.82, 2.24) is 14.8 Å². The van der Waals surface area contributed by atoms with E-state index in [1.807, 2.05) is 11.8 Å². The summed E-state index contributed by atoms with van der Waals surface area (Å²) < 4.78 is 25.6. The minimum absolute atomic E-state index is 0.260. The molecule has 0 atom stereocenters. The quantitative estimate of drug-likeness (QED) is 0.810. The molecule has 1 saturated carbocycles. The SMILES string of the molecule is CSCCc1nc(C2CCS(=O)(=O)CC2)n(C2CCCCC2)n1. The van der Waals surface area contributed by atoms with Gasteiger partial charge in [0, 0.05) is 18.1 Å². The molecule has 1 aromatic heterocycles. The molecule has 0 N–H and O–H groups in total. The second-order valence-electron chi connectivity index (χ2n) is 6.79. The van der Waals surface area contributed by atoms with Gasteiger partial charge in [0.2, 0.25) is 0 Å². The average Bonchev–Trinajstić information content (AvgIpc) is 2.98. The summed E-state index contributed by atoms with van der Waals surface area (Å²) in [5.74, 6) is 3.89. The first kappa shape index (κ1) is 17.3. The minimum atomic E-state index is -2.83. The van der Waals surface area contributed by atoms with Gasteiger partial charge in [-0.05, 0) is 31.9 Å². The van der Waals surface area contributed by atoms with Crippen molar-refractivity contribution < 1.29 is 8.42 Å². The highest BCUT2D eigenvalue weighted by molar-refractivity contribution is 7.98. The number of thioether (sulfide) groups is 1. The Morgan fingerprint density at radius 3 is 2.48 bits per heavy atom. The molecule has 23 heavy (non-hydrogen) atoms. The fourth-order valence-electron chi connectivity index (χ4n) is 3.70. The molecule has 2 fully saturated rings. The van der Waals surface area contributed by atoms with Gasteiger partial charge < -0.3 is 0 Å². The number of aromatic nitrogens is 3. The summed E-state index contributed by atoms with van der Waals surface area (Å²) in [6.45, 7) is 0. The van der Waals surface area contributed by atoms with Gasteiger partial charge in [-0.3, -0.25) is 0 Å². The third-order valence-electron chi connectivity index (χ3n) is 5.07. The van der Waals surface area contributed by atoms with Crippen molar-refractivity contribution in [2.24, 2.45) is 0 Å². The molecule has 0 radical (unpaired) electrons. The van der Waals surface area contributed by atoms with E-state index in [4.69, 9.17) is 10.1 Å². The molecule has 1 aliphatic carbocycles. The van der Waals surface area contributed by atoms with Crippen LogP contribution >= 0.6 is 11.8 Å². The fourth-order valence-corrected chi connectivity index (χ4v) is 5.58. The molecule has 3 rings (SSSR count). The van der Waals surface area contributed by atoms with Crippen LogP contribution in [0.2, 0.25) is 0 Å². The minimum Gasteiger partial charge on any atom is -0.246 e. The molecule has 5 nitrogen and oxygen atoms in total. The molecule has 2 heterocycles. The van der Waals surface area contributed by atoms with Crippen LogP contribution in [0.5, 0.6) is 0 Å². The first-order valence-electron chi connectivity index (χ1n) is 8.74. The number of nitrogens with zero attached hydrogens (tertiary/aromatic N) is 3. The fraction of sp³-hybridized carbons (Fsp3) is 0.875. The zero-order valence-corrected chi connectivity index (χ0v) is 15.5. The standard InChI is InChI=1S/C16H27N3O2S2/c1-22-10-7-15-17-16(13-8-11-23(20,21)12-9-13)19(18-15)14-5-3-2-4-6-14/h13-14H,2-12H2,1H3. The average molecular weight is 358 g/mol. The summed E-state index contributed by atoms with van der Waals surface area (Å²) in [6, 6.07) is 0.466. The van der Waals surface area contributed by atoms with Crippen molar-refractivity contribution in [1.29, 1.82) is 0 Å². The highest BCUT2D eigenvalue weighted by Crippen LogP contribution is 2.34. The monoisotopic (exact) mass is 357 g/mol. The van der Waals surface area contributed by atoms with Crippen LogP contribution in [0.15, 0.2) is 0 Å². The lowest BCUT2D eigenvalue weighted by atomic mass is 9.94. The lowest BCUT2D eigenvalue weighted by Gasteiger charge is -2.27. The number of hydrogen-bond donors (Lipinski definition) is 0. The highest BCUT2D eigenvalue weighted by atomic mass is 32.2. The van der Waals surface area contributed by atoms with Gasteiger partial charge in [-0.1, -0.05) is 19.3 Å². The van der Waals surface area contributed by atoms with E-state index >= 15 is 0 Å². The Morgan fingerprint density at radius 1 is 1.13 bits per heavy atom. The maximum absolute atomic E-state index is 11.7. The van der Waals surface area contributed by atoms with Crippen LogP contribution in [-0.2, 0) is 16.3 Å². The molecule has 1 aliphatic heterocycles. The Bertz CT molecular complexity index is 607. The van der Waals surface area contributed by atoms with Gasteiger partial charge in [0.05, 0.1) is 17.5 Å².